The van der Waals surface area contributed by atoms with E-state index in [2.05, 4.69) is 34.4 Å². The standard InChI is InChI=1S/C19H26N4O2/c1-13-4-6-16(7-5-13)23-15(3)19(14(2)21-23)20-18(25)12-22-10-8-17(24)9-11-22/h4-7,17,24H,8-12H2,1-3H3,(H,20,25). The van der Waals surface area contributed by atoms with Gasteiger partial charge in [0.05, 0.1) is 35.4 Å². The Morgan fingerprint density at radius 2 is 1.84 bits per heavy atom. The molecular weight excluding hydrogens is 316 g/mol. The molecular formula is C19H26N4O2. The molecule has 0 saturated carbocycles. The molecule has 1 aromatic heterocycles. The molecule has 1 aliphatic heterocycles. The second kappa shape index (κ2) is 7.37. The highest BCUT2D eigenvalue weighted by molar-refractivity contribution is 5.93. The van der Waals surface area contributed by atoms with Crippen LogP contribution >= 0.6 is 0 Å². The van der Waals surface area contributed by atoms with E-state index < -0.39 is 0 Å². The maximum absolute atomic E-state index is 12.4. The third-order valence-electron chi connectivity index (χ3n) is 4.76. The van der Waals surface area contributed by atoms with E-state index in [4.69, 9.17) is 0 Å². The van der Waals surface area contributed by atoms with Crippen molar-refractivity contribution in [2.45, 2.75) is 39.7 Å². The number of hydrogen-bond donors (Lipinski definition) is 2. The number of aromatic nitrogens is 2. The van der Waals surface area contributed by atoms with Gasteiger partial charge in [-0.05, 0) is 45.7 Å². The summed E-state index contributed by atoms with van der Waals surface area (Å²) in [6, 6.07) is 8.16. The molecule has 0 spiro atoms. The number of aliphatic hydroxyl groups is 1. The van der Waals surface area contributed by atoms with Crippen molar-refractivity contribution in [1.29, 1.82) is 0 Å². The zero-order valence-corrected chi connectivity index (χ0v) is 15.1. The Bertz CT molecular complexity index is 744. The summed E-state index contributed by atoms with van der Waals surface area (Å²) in [5.41, 5.74) is 4.69. The summed E-state index contributed by atoms with van der Waals surface area (Å²) in [5.74, 6) is -0.0361. The van der Waals surface area contributed by atoms with E-state index in [1.807, 2.05) is 30.7 Å². The lowest BCUT2D eigenvalue weighted by atomic mass is 10.1. The summed E-state index contributed by atoms with van der Waals surface area (Å²) in [4.78, 5) is 14.5. The molecule has 6 nitrogen and oxygen atoms in total. The number of anilines is 1. The monoisotopic (exact) mass is 342 g/mol. The number of carbonyl (C=O) groups is 1. The Morgan fingerprint density at radius 1 is 1.20 bits per heavy atom. The fourth-order valence-electron chi connectivity index (χ4n) is 3.22. The van der Waals surface area contributed by atoms with Crippen molar-refractivity contribution in [3.63, 3.8) is 0 Å². The minimum atomic E-state index is -0.225. The predicted molar refractivity (Wildman–Crippen MR) is 98.1 cm³/mol. The Hall–Kier alpha value is -2.18. The highest BCUT2D eigenvalue weighted by Crippen LogP contribution is 2.23. The number of amides is 1. The fourth-order valence-corrected chi connectivity index (χ4v) is 3.22. The van der Waals surface area contributed by atoms with Gasteiger partial charge in [0, 0.05) is 13.1 Å². The van der Waals surface area contributed by atoms with Crippen LogP contribution in [0, 0.1) is 20.8 Å². The van der Waals surface area contributed by atoms with Crippen LogP contribution in [0.4, 0.5) is 5.69 Å². The van der Waals surface area contributed by atoms with E-state index >= 15 is 0 Å². The quantitative estimate of drug-likeness (QED) is 0.894. The molecule has 2 heterocycles. The van der Waals surface area contributed by atoms with Crippen LogP contribution in [-0.2, 0) is 4.79 Å². The largest absolute Gasteiger partial charge is 0.393 e. The van der Waals surface area contributed by atoms with Gasteiger partial charge in [-0.25, -0.2) is 4.68 Å². The number of nitrogens with zero attached hydrogens (tertiary/aromatic N) is 3. The number of aryl methyl sites for hydroxylation is 2. The summed E-state index contributed by atoms with van der Waals surface area (Å²) in [7, 11) is 0. The van der Waals surface area contributed by atoms with Gasteiger partial charge in [-0.1, -0.05) is 17.7 Å². The van der Waals surface area contributed by atoms with Crippen molar-refractivity contribution in [3.05, 3.63) is 41.2 Å². The highest BCUT2D eigenvalue weighted by atomic mass is 16.3. The van der Waals surface area contributed by atoms with Crippen LogP contribution in [0.5, 0.6) is 0 Å². The van der Waals surface area contributed by atoms with E-state index in [0.29, 0.717) is 6.54 Å². The molecule has 1 aromatic carbocycles. The molecule has 0 atom stereocenters. The van der Waals surface area contributed by atoms with E-state index in [1.54, 1.807) is 0 Å². The molecule has 3 rings (SSSR count). The van der Waals surface area contributed by atoms with Gasteiger partial charge in [0.1, 0.15) is 0 Å². The lowest BCUT2D eigenvalue weighted by molar-refractivity contribution is -0.117. The van der Waals surface area contributed by atoms with Crippen molar-refractivity contribution >= 4 is 11.6 Å². The lowest BCUT2D eigenvalue weighted by Gasteiger charge is -2.28. The van der Waals surface area contributed by atoms with Gasteiger partial charge < -0.3 is 10.4 Å². The number of hydrogen-bond acceptors (Lipinski definition) is 4. The molecule has 1 saturated heterocycles. The summed E-state index contributed by atoms with van der Waals surface area (Å²) in [5, 5.41) is 17.1. The highest BCUT2D eigenvalue weighted by Gasteiger charge is 2.20. The molecule has 0 unspecified atom stereocenters. The normalized spacial score (nSPS) is 16.2. The predicted octanol–water partition coefficient (Wildman–Crippen LogP) is 2.19. The van der Waals surface area contributed by atoms with Crippen LogP contribution in [0.1, 0.15) is 29.8 Å². The Morgan fingerprint density at radius 3 is 2.48 bits per heavy atom. The second-order valence-electron chi connectivity index (χ2n) is 6.85. The van der Waals surface area contributed by atoms with Gasteiger partial charge in [0.25, 0.3) is 0 Å². The third kappa shape index (κ3) is 4.08. The SMILES string of the molecule is Cc1ccc(-n2nc(C)c(NC(=O)CN3CCC(O)CC3)c2C)cc1. The Balaban J connectivity index is 1.70. The molecule has 1 fully saturated rings. The van der Waals surface area contributed by atoms with Gasteiger partial charge in [-0.2, -0.15) is 5.10 Å². The average Bonchev–Trinajstić information content (AvgIpc) is 2.86. The lowest BCUT2D eigenvalue weighted by Crippen LogP contribution is -2.40. The van der Waals surface area contributed by atoms with Gasteiger partial charge in [-0.15, -0.1) is 0 Å². The molecule has 0 aliphatic carbocycles. The minimum absolute atomic E-state index is 0.0361. The summed E-state index contributed by atoms with van der Waals surface area (Å²) >= 11 is 0. The van der Waals surface area contributed by atoms with Crippen LogP contribution in [0.15, 0.2) is 24.3 Å². The molecule has 2 N–H and O–H groups in total. The number of nitrogens with one attached hydrogen (secondary N) is 1. The zero-order chi connectivity index (χ0) is 18.0. The number of carbonyl (C=O) groups excluding carboxylic acids is 1. The van der Waals surface area contributed by atoms with Crippen molar-refractivity contribution in [2.75, 3.05) is 25.0 Å². The zero-order valence-electron chi connectivity index (χ0n) is 15.1. The van der Waals surface area contributed by atoms with E-state index in [0.717, 1.165) is 48.7 Å². The molecule has 2 aromatic rings. The first-order chi connectivity index (χ1) is 11.9. The number of piperidine rings is 1. The molecule has 0 radical (unpaired) electrons. The molecule has 25 heavy (non-hydrogen) atoms. The van der Waals surface area contributed by atoms with E-state index in [9.17, 15) is 9.90 Å². The van der Waals surface area contributed by atoms with Crippen LogP contribution in [-0.4, -0.2) is 51.4 Å². The van der Waals surface area contributed by atoms with E-state index in [1.165, 1.54) is 5.56 Å². The number of rotatable bonds is 4. The fraction of sp³-hybridized carbons (Fsp3) is 0.474. The van der Waals surface area contributed by atoms with Gasteiger partial charge in [-0.3, -0.25) is 9.69 Å². The number of aliphatic hydroxyl groups excluding tert-OH is 1. The molecule has 134 valence electrons. The second-order valence-corrected chi connectivity index (χ2v) is 6.85. The van der Waals surface area contributed by atoms with E-state index in [-0.39, 0.29) is 12.0 Å². The number of benzene rings is 1. The topological polar surface area (TPSA) is 70.4 Å². The first-order valence-corrected chi connectivity index (χ1v) is 8.77. The maximum atomic E-state index is 12.4. The first kappa shape index (κ1) is 17.6. The summed E-state index contributed by atoms with van der Waals surface area (Å²) in [6.07, 6.45) is 1.24. The third-order valence-corrected chi connectivity index (χ3v) is 4.76. The average molecular weight is 342 g/mol. The van der Waals surface area contributed by atoms with Crippen LogP contribution in [0.25, 0.3) is 5.69 Å². The van der Waals surface area contributed by atoms with Crippen molar-refractivity contribution in [1.82, 2.24) is 14.7 Å². The van der Waals surface area contributed by atoms with Crippen LogP contribution in [0.2, 0.25) is 0 Å². The number of likely N-dealkylation sites (tertiary alicyclic amines) is 1. The Kier molecular flexibility index (Phi) is 5.20. The Labute approximate surface area is 148 Å². The van der Waals surface area contributed by atoms with Crippen molar-refractivity contribution in [2.24, 2.45) is 0 Å². The molecule has 0 bridgehead atoms. The maximum Gasteiger partial charge on any atom is 0.238 e. The molecule has 1 amide bonds. The summed E-state index contributed by atoms with van der Waals surface area (Å²) < 4.78 is 1.86. The molecule has 1 aliphatic rings. The summed E-state index contributed by atoms with van der Waals surface area (Å²) in [6.45, 7) is 7.79. The van der Waals surface area contributed by atoms with Crippen molar-refractivity contribution in [3.8, 4) is 5.69 Å². The van der Waals surface area contributed by atoms with Crippen molar-refractivity contribution < 1.29 is 9.90 Å². The van der Waals surface area contributed by atoms with Gasteiger partial charge in [0.2, 0.25) is 5.91 Å². The van der Waals surface area contributed by atoms with Crippen LogP contribution in [0.3, 0.4) is 0 Å². The van der Waals surface area contributed by atoms with Crippen LogP contribution < -0.4 is 5.32 Å². The minimum Gasteiger partial charge on any atom is -0.393 e. The van der Waals surface area contributed by atoms with Gasteiger partial charge >= 0.3 is 0 Å². The smallest absolute Gasteiger partial charge is 0.238 e. The molecule has 6 heteroatoms. The van der Waals surface area contributed by atoms with Gasteiger partial charge in [0.15, 0.2) is 0 Å². The first-order valence-electron chi connectivity index (χ1n) is 8.77.